The number of nitrogens with zero attached hydrogens (tertiary/aromatic N) is 1. The number of rotatable bonds is 7. The first kappa shape index (κ1) is 19.8. The van der Waals surface area contributed by atoms with Crippen LogP contribution in [-0.2, 0) is 0 Å². The van der Waals surface area contributed by atoms with Gasteiger partial charge in [-0.2, -0.15) is 0 Å². The van der Waals surface area contributed by atoms with Crippen molar-refractivity contribution in [3.63, 3.8) is 0 Å². The summed E-state index contributed by atoms with van der Waals surface area (Å²) in [6.45, 7) is 8.00. The minimum atomic E-state index is -0.475. The Hall–Kier alpha value is -2.21. The van der Waals surface area contributed by atoms with Gasteiger partial charge in [-0.15, -0.1) is 0 Å². The van der Waals surface area contributed by atoms with Crippen LogP contribution in [0, 0.1) is 10.1 Å². The molecule has 0 aliphatic heterocycles. The Kier molecular flexibility index (Phi) is 10.3. The van der Waals surface area contributed by atoms with Gasteiger partial charge in [0.25, 0.3) is 0 Å². The van der Waals surface area contributed by atoms with Gasteiger partial charge in [0.2, 0.25) is 0 Å². The first-order chi connectivity index (χ1) is 10.6. The molecule has 0 atom stereocenters. The van der Waals surface area contributed by atoms with E-state index in [4.69, 9.17) is 4.74 Å². The van der Waals surface area contributed by atoms with E-state index in [2.05, 4.69) is 34.1 Å². The van der Waals surface area contributed by atoms with Crippen molar-refractivity contribution in [2.45, 2.75) is 0 Å². The smallest absolute Gasteiger partial charge is 0.310 e. The minimum absolute atomic E-state index is 0.0616. The monoisotopic (exact) mass is 367 g/mol. The molecule has 1 aromatic carbocycles. The van der Waals surface area contributed by atoms with Gasteiger partial charge in [-0.3, -0.25) is 10.1 Å². The van der Waals surface area contributed by atoms with Gasteiger partial charge in [0.15, 0.2) is 18.5 Å². The molecular weight excluding hydrogens is 348 g/mol. The third-order valence-corrected chi connectivity index (χ3v) is 2.57. The molecule has 0 spiro atoms. The summed E-state index contributed by atoms with van der Waals surface area (Å²) in [5.74, 6) is 2.03. The van der Waals surface area contributed by atoms with Crippen LogP contribution >= 0.6 is 15.9 Å². The van der Waals surface area contributed by atoms with Crippen LogP contribution in [0.5, 0.6) is 5.75 Å². The average Bonchev–Trinajstić information content (AvgIpc) is 2.56. The number of methoxy groups -OCH3 is 1. The summed E-state index contributed by atoms with van der Waals surface area (Å²) in [4.78, 5) is 13.4. The van der Waals surface area contributed by atoms with Crippen molar-refractivity contribution < 1.29 is 14.7 Å². The lowest BCUT2D eigenvalue weighted by Gasteiger charge is -2.05. The van der Waals surface area contributed by atoms with E-state index in [1.54, 1.807) is 30.5 Å². The molecule has 6 heteroatoms. The number of alkyl halides is 1. The zero-order valence-electron chi connectivity index (χ0n) is 12.7. The van der Waals surface area contributed by atoms with E-state index in [1.807, 2.05) is 11.9 Å². The molecule has 0 saturated carbocycles. The maximum absolute atomic E-state index is 10.8. The molecule has 118 valence electrons. The molecule has 0 saturated heterocycles. The Balaban J connectivity index is 0.00000211. The first-order valence-corrected chi connectivity index (χ1v) is 7.93. The van der Waals surface area contributed by atoms with E-state index in [-0.39, 0.29) is 11.4 Å². The number of halogens is 1. The Morgan fingerprint density at radius 1 is 1.45 bits per heavy atom. The highest BCUT2D eigenvalue weighted by Crippen LogP contribution is 2.30. The summed E-state index contributed by atoms with van der Waals surface area (Å²) in [5, 5.41) is 10.8. The van der Waals surface area contributed by atoms with E-state index in [1.165, 1.54) is 13.2 Å². The van der Waals surface area contributed by atoms with Crippen molar-refractivity contribution in [1.82, 2.24) is 0 Å². The van der Waals surface area contributed by atoms with Gasteiger partial charge in [-0.1, -0.05) is 35.2 Å². The molecule has 0 amide bonds. The van der Waals surface area contributed by atoms with Crippen LogP contribution in [0.25, 0.3) is 5.57 Å². The molecule has 0 bridgehead atoms. The van der Waals surface area contributed by atoms with Gasteiger partial charge in [0.1, 0.15) is 0 Å². The van der Waals surface area contributed by atoms with Gasteiger partial charge in [-0.25, -0.2) is 4.99 Å². The van der Waals surface area contributed by atoms with Crippen LogP contribution < -0.4 is 9.73 Å². The molecule has 1 N–H and O–H groups in total. The largest absolute Gasteiger partial charge is 0.490 e. The molecule has 5 nitrogen and oxygen atoms in total. The van der Waals surface area contributed by atoms with E-state index in [0.29, 0.717) is 6.54 Å². The third kappa shape index (κ3) is 6.05. The molecule has 0 aromatic heterocycles. The van der Waals surface area contributed by atoms with Crippen LogP contribution in [0.3, 0.4) is 0 Å². The van der Waals surface area contributed by atoms with Crippen molar-refractivity contribution in [2.75, 3.05) is 19.5 Å². The summed E-state index contributed by atoms with van der Waals surface area (Å²) < 4.78 is 5.04. The van der Waals surface area contributed by atoms with Crippen molar-refractivity contribution in [3.05, 3.63) is 65.3 Å². The second-order valence-corrected chi connectivity index (χ2v) is 3.83. The number of nitro groups is 1. The number of nitrogens with one attached hydrogen (secondary N) is 1. The van der Waals surface area contributed by atoms with Gasteiger partial charge < -0.3 is 4.74 Å². The molecular formula is C16H20BrN2O3+. The number of hydrogen-bond donors (Lipinski definition) is 1. The van der Waals surface area contributed by atoms with Crippen molar-refractivity contribution >= 4 is 33.4 Å². The Labute approximate surface area is 139 Å². The van der Waals surface area contributed by atoms with Crippen LogP contribution in [0.15, 0.2) is 49.6 Å². The number of hydrogen-bond acceptors (Lipinski definition) is 3. The SMILES string of the molecule is C=CC[NH+]=C/C=C(\C=C)c1ccc([N+](=O)[O-])c(OC)c1.CBr. The summed E-state index contributed by atoms with van der Waals surface area (Å²) in [7, 11) is 1.40. The maximum atomic E-state index is 10.8. The molecule has 0 aliphatic carbocycles. The Morgan fingerprint density at radius 3 is 2.64 bits per heavy atom. The van der Waals surface area contributed by atoms with E-state index < -0.39 is 4.92 Å². The zero-order valence-corrected chi connectivity index (χ0v) is 14.3. The lowest BCUT2D eigenvalue weighted by atomic mass is 10.0. The van der Waals surface area contributed by atoms with Crippen LogP contribution in [-0.4, -0.2) is 30.6 Å². The van der Waals surface area contributed by atoms with Crippen LogP contribution in [0.4, 0.5) is 5.69 Å². The number of ether oxygens (including phenoxy) is 1. The standard InChI is InChI=1S/C15H16N2O3.CH3Br/c1-4-9-16-10-8-12(5-2)13-6-7-14(17(18)19)15(11-13)20-3;1-2/h4-8,10-11H,1-2,9H2,3H3;1H3/p+1/b12-8+,16-10?;. The fraction of sp³-hybridized carbons (Fsp3) is 0.188. The molecule has 0 aliphatic rings. The minimum Gasteiger partial charge on any atom is -0.490 e. The third-order valence-electron chi connectivity index (χ3n) is 2.57. The summed E-state index contributed by atoms with van der Waals surface area (Å²) in [5.41, 5.74) is 1.56. The first-order valence-electron chi connectivity index (χ1n) is 6.34. The fourth-order valence-electron chi connectivity index (χ4n) is 1.59. The number of benzene rings is 1. The molecule has 0 fully saturated rings. The topological polar surface area (TPSA) is 66.3 Å². The molecule has 0 unspecified atom stereocenters. The summed E-state index contributed by atoms with van der Waals surface area (Å²) in [6, 6.07) is 4.70. The predicted molar refractivity (Wildman–Crippen MR) is 94.8 cm³/mol. The van der Waals surface area contributed by atoms with Crippen LogP contribution in [0.2, 0.25) is 0 Å². The predicted octanol–water partition coefficient (Wildman–Crippen LogP) is 2.52. The lowest BCUT2D eigenvalue weighted by Crippen LogP contribution is -2.68. The zero-order chi connectivity index (χ0) is 17.0. The maximum Gasteiger partial charge on any atom is 0.310 e. The highest BCUT2D eigenvalue weighted by atomic mass is 79.9. The Morgan fingerprint density at radius 2 is 2.14 bits per heavy atom. The van der Waals surface area contributed by atoms with Gasteiger partial charge in [-0.05, 0) is 35.2 Å². The molecule has 1 aromatic rings. The highest BCUT2D eigenvalue weighted by Gasteiger charge is 2.15. The Bertz CT molecular complexity index is 581. The molecule has 22 heavy (non-hydrogen) atoms. The van der Waals surface area contributed by atoms with Gasteiger partial charge in [0, 0.05) is 12.1 Å². The molecule has 0 heterocycles. The second-order valence-electron chi connectivity index (χ2n) is 3.83. The van der Waals surface area contributed by atoms with Crippen molar-refractivity contribution in [3.8, 4) is 5.75 Å². The highest BCUT2D eigenvalue weighted by molar-refractivity contribution is 9.08. The van der Waals surface area contributed by atoms with Crippen molar-refractivity contribution in [2.24, 2.45) is 0 Å². The van der Waals surface area contributed by atoms with Crippen LogP contribution in [0.1, 0.15) is 5.56 Å². The molecule has 1 rings (SSSR count). The quantitative estimate of drug-likeness (QED) is 0.201. The average molecular weight is 368 g/mol. The summed E-state index contributed by atoms with van der Waals surface area (Å²) >= 11 is 2.94. The second kappa shape index (κ2) is 11.4. The lowest BCUT2D eigenvalue weighted by molar-refractivity contribution is -0.438. The number of allylic oxidation sites excluding steroid dienone is 3. The fourth-order valence-corrected chi connectivity index (χ4v) is 1.59. The molecule has 0 radical (unpaired) electrons. The van der Waals surface area contributed by atoms with E-state index >= 15 is 0 Å². The van der Waals surface area contributed by atoms with E-state index in [9.17, 15) is 10.1 Å². The van der Waals surface area contributed by atoms with Gasteiger partial charge in [0.05, 0.1) is 12.0 Å². The van der Waals surface area contributed by atoms with Crippen molar-refractivity contribution in [1.29, 1.82) is 0 Å². The van der Waals surface area contributed by atoms with Gasteiger partial charge >= 0.3 is 5.69 Å². The normalized spacial score (nSPS) is 10.6. The number of nitro benzene ring substituents is 1. The summed E-state index contributed by atoms with van der Waals surface area (Å²) in [6.07, 6.45) is 7.02. The van der Waals surface area contributed by atoms with E-state index in [0.717, 1.165) is 11.1 Å².